The predicted molar refractivity (Wildman–Crippen MR) is 250 cm³/mol. The fourth-order valence-electron chi connectivity index (χ4n) is 9.34. The summed E-state index contributed by atoms with van der Waals surface area (Å²) in [5.74, 6) is 0. The highest BCUT2D eigenvalue weighted by Gasteiger charge is 2.22. The van der Waals surface area contributed by atoms with Gasteiger partial charge >= 0.3 is 0 Å². The molecule has 0 aliphatic heterocycles. The molecular formula is C56H40N2. The summed E-state index contributed by atoms with van der Waals surface area (Å²) in [5.41, 5.74) is 9.46. The smallest absolute Gasteiger partial charge is 0.0540 e. The first-order chi connectivity index (χ1) is 28.6. The molecule has 2 nitrogen and oxygen atoms in total. The molecule has 11 aromatic rings. The maximum atomic E-state index is 2.46. The lowest BCUT2D eigenvalue weighted by Gasteiger charge is -2.29. The van der Waals surface area contributed by atoms with E-state index >= 15 is 0 Å². The van der Waals surface area contributed by atoms with Crippen LogP contribution in [0.4, 0.5) is 34.1 Å². The second-order valence-electron chi connectivity index (χ2n) is 15.4. The molecule has 0 aliphatic rings. The lowest BCUT2D eigenvalue weighted by atomic mass is 9.91. The second kappa shape index (κ2) is 13.7. The molecule has 11 aromatic carbocycles. The fourth-order valence-corrected chi connectivity index (χ4v) is 9.34. The average molecular weight is 741 g/mol. The van der Waals surface area contributed by atoms with Crippen LogP contribution in [0.15, 0.2) is 206 Å². The van der Waals surface area contributed by atoms with E-state index in [4.69, 9.17) is 0 Å². The minimum absolute atomic E-state index is 1.13. The summed E-state index contributed by atoms with van der Waals surface area (Å²) in [6, 6.07) is 75.5. The van der Waals surface area contributed by atoms with Gasteiger partial charge in [0.15, 0.2) is 0 Å². The Morgan fingerprint density at radius 2 is 0.517 bits per heavy atom. The first kappa shape index (κ1) is 33.9. The standard InChI is InChI=1S/C56H40N2/c1-37-45-33-31-43(57(53-27-11-19-39-15-3-7-23-47(39)53)54-28-12-20-40-16-4-8-24-48(40)54)35-51(45)38(2)52-36-44(32-34-46(37)52)58(55-29-13-21-41-17-5-9-25-49(41)55)56-30-14-22-42-18-6-10-26-50(42)56/h3-36H,1-2H3. The van der Waals surface area contributed by atoms with Crippen molar-refractivity contribution in [2.24, 2.45) is 0 Å². The molecule has 0 spiro atoms. The van der Waals surface area contributed by atoms with E-state index in [0.717, 1.165) is 34.1 Å². The summed E-state index contributed by atoms with van der Waals surface area (Å²) >= 11 is 0. The highest BCUT2D eigenvalue weighted by molar-refractivity contribution is 6.11. The van der Waals surface area contributed by atoms with E-state index in [1.165, 1.54) is 75.8 Å². The molecule has 2 heteroatoms. The van der Waals surface area contributed by atoms with Crippen LogP contribution < -0.4 is 9.80 Å². The number of fused-ring (bicyclic) bond motifs is 6. The van der Waals surface area contributed by atoms with E-state index in [2.05, 4.69) is 230 Å². The van der Waals surface area contributed by atoms with Gasteiger partial charge in [-0.2, -0.15) is 0 Å². The number of anilines is 6. The Labute approximate surface area is 338 Å². The number of hydrogen-bond donors (Lipinski definition) is 0. The molecule has 0 fully saturated rings. The minimum atomic E-state index is 1.13. The van der Waals surface area contributed by atoms with Gasteiger partial charge < -0.3 is 9.80 Å². The summed E-state index contributed by atoms with van der Waals surface area (Å²) in [5, 5.41) is 14.8. The van der Waals surface area contributed by atoms with Crippen molar-refractivity contribution in [3.05, 3.63) is 217 Å². The summed E-state index contributed by atoms with van der Waals surface area (Å²) in [7, 11) is 0. The molecule has 0 amide bonds. The van der Waals surface area contributed by atoms with Crippen LogP contribution in [0.3, 0.4) is 0 Å². The highest BCUT2D eigenvalue weighted by atomic mass is 15.2. The Morgan fingerprint density at radius 3 is 0.845 bits per heavy atom. The zero-order valence-corrected chi connectivity index (χ0v) is 32.5. The molecule has 11 rings (SSSR count). The molecule has 0 aliphatic carbocycles. The predicted octanol–water partition coefficient (Wildman–Crippen LogP) is 16.2. The van der Waals surface area contributed by atoms with Crippen LogP contribution in [0.25, 0.3) is 64.6 Å². The number of nitrogens with zero attached hydrogens (tertiary/aromatic N) is 2. The maximum absolute atomic E-state index is 2.46. The Balaban J connectivity index is 1.16. The van der Waals surface area contributed by atoms with Crippen LogP contribution in [0.1, 0.15) is 11.1 Å². The molecule has 0 N–H and O–H groups in total. The summed E-state index contributed by atoms with van der Waals surface area (Å²) in [4.78, 5) is 4.92. The monoisotopic (exact) mass is 740 g/mol. The van der Waals surface area contributed by atoms with Crippen LogP contribution in [0.5, 0.6) is 0 Å². The van der Waals surface area contributed by atoms with E-state index in [0.29, 0.717) is 0 Å². The van der Waals surface area contributed by atoms with Crippen molar-refractivity contribution in [2.75, 3.05) is 9.80 Å². The van der Waals surface area contributed by atoms with Gasteiger partial charge in [-0.15, -0.1) is 0 Å². The Morgan fingerprint density at radius 1 is 0.241 bits per heavy atom. The van der Waals surface area contributed by atoms with Gasteiger partial charge in [-0.1, -0.05) is 158 Å². The summed E-state index contributed by atoms with van der Waals surface area (Å²) in [6.45, 7) is 4.59. The summed E-state index contributed by atoms with van der Waals surface area (Å²) < 4.78 is 0. The number of benzene rings is 11. The molecule has 0 saturated carbocycles. The first-order valence-corrected chi connectivity index (χ1v) is 20.1. The highest BCUT2D eigenvalue weighted by Crippen LogP contribution is 2.46. The van der Waals surface area contributed by atoms with Crippen molar-refractivity contribution in [3.8, 4) is 0 Å². The molecule has 0 radical (unpaired) electrons. The SMILES string of the molecule is Cc1c2ccc(N(c3cccc4ccccc34)c3cccc4ccccc34)cc2c(C)c2cc(N(c3cccc4ccccc34)c3cccc4ccccc34)ccc12. The van der Waals surface area contributed by atoms with Gasteiger partial charge in [0.05, 0.1) is 22.7 Å². The van der Waals surface area contributed by atoms with Gasteiger partial charge in [0.1, 0.15) is 0 Å². The largest absolute Gasteiger partial charge is 0.309 e. The van der Waals surface area contributed by atoms with Crippen molar-refractivity contribution in [3.63, 3.8) is 0 Å². The van der Waals surface area contributed by atoms with Gasteiger partial charge in [0, 0.05) is 32.9 Å². The van der Waals surface area contributed by atoms with Gasteiger partial charge in [-0.05, 0) is 117 Å². The van der Waals surface area contributed by atoms with E-state index in [9.17, 15) is 0 Å². The average Bonchev–Trinajstić information content (AvgIpc) is 3.28. The van der Waals surface area contributed by atoms with Crippen LogP contribution in [0.2, 0.25) is 0 Å². The molecular weight excluding hydrogens is 701 g/mol. The number of rotatable bonds is 6. The Kier molecular flexibility index (Phi) is 7.97. The third kappa shape index (κ3) is 5.41. The van der Waals surface area contributed by atoms with Crippen LogP contribution in [0, 0.1) is 13.8 Å². The lowest BCUT2D eigenvalue weighted by molar-refractivity contribution is 1.31. The topological polar surface area (TPSA) is 6.48 Å². The van der Waals surface area contributed by atoms with E-state index < -0.39 is 0 Å². The zero-order chi connectivity index (χ0) is 38.7. The zero-order valence-electron chi connectivity index (χ0n) is 32.5. The molecule has 0 atom stereocenters. The minimum Gasteiger partial charge on any atom is -0.309 e. The lowest BCUT2D eigenvalue weighted by Crippen LogP contribution is -2.11. The van der Waals surface area contributed by atoms with E-state index in [1.54, 1.807) is 0 Å². The molecule has 0 unspecified atom stereocenters. The van der Waals surface area contributed by atoms with Gasteiger partial charge in [0.25, 0.3) is 0 Å². The van der Waals surface area contributed by atoms with Crippen molar-refractivity contribution >= 4 is 98.8 Å². The van der Waals surface area contributed by atoms with Crippen LogP contribution in [-0.4, -0.2) is 0 Å². The molecule has 0 heterocycles. The fraction of sp³-hybridized carbons (Fsp3) is 0.0357. The Hall–Kier alpha value is -7.42. The molecule has 0 saturated heterocycles. The third-order valence-corrected chi connectivity index (χ3v) is 12.2. The van der Waals surface area contributed by atoms with Crippen molar-refractivity contribution in [1.82, 2.24) is 0 Å². The first-order valence-electron chi connectivity index (χ1n) is 20.1. The maximum Gasteiger partial charge on any atom is 0.0540 e. The third-order valence-electron chi connectivity index (χ3n) is 12.2. The number of hydrogen-bond acceptors (Lipinski definition) is 2. The van der Waals surface area contributed by atoms with Crippen molar-refractivity contribution in [1.29, 1.82) is 0 Å². The molecule has 58 heavy (non-hydrogen) atoms. The van der Waals surface area contributed by atoms with Gasteiger partial charge in [-0.3, -0.25) is 0 Å². The van der Waals surface area contributed by atoms with Crippen molar-refractivity contribution < 1.29 is 0 Å². The van der Waals surface area contributed by atoms with E-state index in [-0.39, 0.29) is 0 Å². The quantitative estimate of drug-likeness (QED) is 0.157. The van der Waals surface area contributed by atoms with Crippen LogP contribution >= 0.6 is 0 Å². The van der Waals surface area contributed by atoms with Gasteiger partial charge in [0.2, 0.25) is 0 Å². The molecule has 0 bridgehead atoms. The van der Waals surface area contributed by atoms with E-state index in [1.807, 2.05) is 0 Å². The summed E-state index contributed by atoms with van der Waals surface area (Å²) in [6.07, 6.45) is 0. The molecule has 0 aromatic heterocycles. The molecule has 274 valence electrons. The normalized spacial score (nSPS) is 11.6. The second-order valence-corrected chi connectivity index (χ2v) is 15.4. The Bertz CT molecular complexity index is 2990. The number of aryl methyl sites for hydroxylation is 2. The van der Waals surface area contributed by atoms with Gasteiger partial charge in [-0.25, -0.2) is 0 Å². The van der Waals surface area contributed by atoms with Crippen LogP contribution in [-0.2, 0) is 0 Å². The van der Waals surface area contributed by atoms with Crippen molar-refractivity contribution in [2.45, 2.75) is 13.8 Å².